The first kappa shape index (κ1) is 16.8. The summed E-state index contributed by atoms with van der Waals surface area (Å²) < 4.78 is 62.1. The first-order chi connectivity index (χ1) is 10.0. The molecule has 7 nitrogen and oxygen atoms in total. The second-order valence-corrected chi connectivity index (χ2v) is 8.85. The highest BCUT2D eigenvalue weighted by Gasteiger charge is 2.39. The van der Waals surface area contributed by atoms with Crippen LogP contribution in [0.5, 0.6) is 0 Å². The van der Waals surface area contributed by atoms with E-state index in [4.69, 9.17) is 5.11 Å². The largest absolute Gasteiger partial charge is 0.480 e. The fourth-order valence-corrected chi connectivity index (χ4v) is 4.74. The van der Waals surface area contributed by atoms with Gasteiger partial charge in [0.2, 0.25) is 10.0 Å². The highest BCUT2D eigenvalue weighted by molar-refractivity contribution is 7.90. The maximum absolute atomic E-state index is 13.8. The lowest BCUT2D eigenvalue weighted by Crippen LogP contribution is -2.40. The molecule has 1 N–H and O–H groups in total. The van der Waals surface area contributed by atoms with Gasteiger partial charge in [0.15, 0.2) is 9.84 Å². The Morgan fingerprint density at radius 1 is 1.32 bits per heavy atom. The fraction of sp³-hybridized carbons (Fsp3) is 0.417. The van der Waals surface area contributed by atoms with Gasteiger partial charge in [-0.05, 0) is 31.0 Å². The van der Waals surface area contributed by atoms with Crippen LogP contribution in [-0.4, -0.2) is 51.1 Å². The zero-order valence-electron chi connectivity index (χ0n) is 11.6. The van der Waals surface area contributed by atoms with Crippen molar-refractivity contribution in [1.29, 1.82) is 0 Å². The van der Waals surface area contributed by atoms with E-state index in [0.29, 0.717) is 12.5 Å². The molecule has 1 heterocycles. The number of benzene rings is 1. The molecule has 0 aliphatic carbocycles. The third kappa shape index (κ3) is 2.99. The summed E-state index contributed by atoms with van der Waals surface area (Å²) in [6.07, 6.45) is 1.37. The Labute approximate surface area is 127 Å². The SMILES string of the molecule is CS(=O)(=O)c1ccc(S(=O)(=O)N2CCCC2C(=O)O)cc1F. The second kappa shape index (κ2) is 5.60. The number of halogens is 1. The first-order valence-corrected chi connectivity index (χ1v) is 9.62. The van der Waals surface area contributed by atoms with E-state index >= 15 is 0 Å². The van der Waals surface area contributed by atoms with Crippen molar-refractivity contribution < 1.29 is 31.1 Å². The van der Waals surface area contributed by atoms with Gasteiger partial charge >= 0.3 is 5.97 Å². The molecule has 0 spiro atoms. The Bertz CT molecular complexity index is 818. The van der Waals surface area contributed by atoms with Crippen molar-refractivity contribution in [1.82, 2.24) is 4.31 Å². The molecule has 0 saturated carbocycles. The van der Waals surface area contributed by atoms with Gasteiger partial charge in [-0.2, -0.15) is 4.31 Å². The molecule has 10 heteroatoms. The summed E-state index contributed by atoms with van der Waals surface area (Å²) in [7, 11) is -8.02. The maximum Gasteiger partial charge on any atom is 0.322 e. The molecule has 1 saturated heterocycles. The van der Waals surface area contributed by atoms with E-state index < -0.39 is 47.5 Å². The molecule has 1 aromatic carbocycles. The van der Waals surface area contributed by atoms with E-state index in [0.717, 1.165) is 22.7 Å². The Kier molecular flexibility index (Phi) is 4.28. The Morgan fingerprint density at radius 3 is 2.45 bits per heavy atom. The normalized spacial score (nSPS) is 20.2. The lowest BCUT2D eigenvalue weighted by molar-refractivity contribution is -0.140. The van der Waals surface area contributed by atoms with Gasteiger partial charge in [-0.1, -0.05) is 0 Å². The van der Waals surface area contributed by atoms with E-state index in [9.17, 15) is 26.0 Å². The minimum atomic E-state index is -4.20. The molecule has 0 radical (unpaired) electrons. The minimum absolute atomic E-state index is 0.0226. The van der Waals surface area contributed by atoms with Crippen LogP contribution in [0, 0.1) is 5.82 Å². The summed E-state index contributed by atoms with van der Waals surface area (Å²) in [6.45, 7) is 0.0226. The summed E-state index contributed by atoms with van der Waals surface area (Å²) in [4.78, 5) is 10.0. The van der Waals surface area contributed by atoms with Gasteiger partial charge in [0.1, 0.15) is 16.8 Å². The average Bonchev–Trinajstić information content (AvgIpc) is 2.86. The van der Waals surface area contributed by atoms with Gasteiger partial charge in [0.05, 0.1) is 4.90 Å². The standard InChI is InChI=1S/C12H14FNO6S2/c1-21(17,18)11-5-4-8(7-9(11)13)22(19,20)14-6-2-3-10(14)12(15)16/h4-5,7,10H,2-3,6H2,1H3,(H,15,16). The molecule has 0 bridgehead atoms. The Morgan fingerprint density at radius 2 is 1.95 bits per heavy atom. The molecule has 0 aromatic heterocycles. The number of rotatable bonds is 4. The van der Waals surface area contributed by atoms with Crippen molar-refractivity contribution in [2.75, 3.05) is 12.8 Å². The quantitative estimate of drug-likeness (QED) is 0.844. The molecule has 2 rings (SSSR count). The van der Waals surface area contributed by atoms with Gasteiger partial charge < -0.3 is 5.11 Å². The van der Waals surface area contributed by atoms with Gasteiger partial charge in [-0.3, -0.25) is 4.79 Å². The third-order valence-corrected chi connectivity index (χ3v) is 6.43. The van der Waals surface area contributed by atoms with Crippen LogP contribution in [0.3, 0.4) is 0 Å². The Balaban J connectivity index is 2.47. The van der Waals surface area contributed by atoms with E-state index in [-0.39, 0.29) is 13.0 Å². The molecule has 1 fully saturated rings. The second-order valence-electron chi connectivity index (χ2n) is 4.98. The van der Waals surface area contributed by atoms with Crippen molar-refractivity contribution >= 4 is 25.8 Å². The van der Waals surface area contributed by atoms with Crippen molar-refractivity contribution in [3.05, 3.63) is 24.0 Å². The summed E-state index contributed by atoms with van der Waals surface area (Å²) in [5, 5.41) is 9.04. The number of aliphatic carboxylic acids is 1. The third-order valence-electron chi connectivity index (χ3n) is 3.40. The van der Waals surface area contributed by atoms with E-state index in [1.807, 2.05) is 0 Å². The van der Waals surface area contributed by atoms with E-state index in [2.05, 4.69) is 0 Å². The van der Waals surface area contributed by atoms with Crippen LogP contribution in [-0.2, 0) is 24.7 Å². The van der Waals surface area contributed by atoms with Crippen LogP contribution in [0.15, 0.2) is 28.0 Å². The van der Waals surface area contributed by atoms with Crippen LogP contribution in [0.25, 0.3) is 0 Å². The van der Waals surface area contributed by atoms with Gasteiger partial charge in [0, 0.05) is 12.8 Å². The topological polar surface area (TPSA) is 109 Å². The lowest BCUT2D eigenvalue weighted by atomic mass is 10.2. The fourth-order valence-electron chi connectivity index (χ4n) is 2.35. The number of carboxylic acids is 1. The highest BCUT2D eigenvalue weighted by atomic mass is 32.2. The smallest absolute Gasteiger partial charge is 0.322 e. The molecule has 0 amide bonds. The molecular weight excluding hydrogens is 337 g/mol. The summed E-state index contributed by atoms with van der Waals surface area (Å²) in [5.41, 5.74) is 0. The molecular formula is C12H14FNO6S2. The summed E-state index contributed by atoms with van der Waals surface area (Å²) >= 11 is 0. The predicted octanol–water partition coefficient (Wildman–Crippen LogP) is 0.467. The lowest BCUT2D eigenvalue weighted by Gasteiger charge is -2.21. The summed E-state index contributed by atoms with van der Waals surface area (Å²) in [6, 6.07) is 1.24. The van der Waals surface area contributed by atoms with Crippen LogP contribution in [0.2, 0.25) is 0 Å². The zero-order valence-corrected chi connectivity index (χ0v) is 13.2. The van der Waals surface area contributed by atoms with Crippen LogP contribution < -0.4 is 0 Å². The molecule has 1 aromatic rings. The van der Waals surface area contributed by atoms with E-state index in [1.54, 1.807) is 0 Å². The summed E-state index contributed by atoms with van der Waals surface area (Å²) in [5.74, 6) is -2.45. The number of carbonyl (C=O) groups is 1. The number of carboxylic acid groups (broad SMARTS) is 1. The van der Waals surface area contributed by atoms with Crippen molar-refractivity contribution in [3.63, 3.8) is 0 Å². The Hall–Kier alpha value is -1.52. The van der Waals surface area contributed by atoms with Gasteiger partial charge in [-0.25, -0.2) is 21.2 Å². The number of sulfonamides is 1. The maximum atomic E-state index is 13.8. The predicted molar refractivity (Wildman–Crippen MR) is 74.1 cm³/mol. The molecule has 122 valence electrons. The number of sulfone groups is 1. The van der Waals surface area contributed by atoms with E-state index in [1.165, 1.54) is 0 Å². The van der Waals surface area contributed by atoms with Gasteiger partial charge in [-0.15, -0.1) is 0 Å². The van der Waals surface area contributed by atoms with Crippen molar-refractivity contribution in [3.8, 4) is 0 Å². The number of nitrogens with zero attached hydrogens (tertiary/aromatic N) is 1. The molecule has 1 atom stereocenters. The van der Waals surface area contributed by atoms with Gasteiger partial charge in [0.25, 0.3) is 0 Å². The minimum Gasteiger partial charge on any atom is -0.480 e. The van der Waals surface area contributed by atoms with Crippen molar-refractivity contribution in [2.24, 2.45) is 0 Å². The molecule has 1 aliphatic rings. The van der Waals surface area contributed by atoms with Crippen LogP contribution >= 0.6 is 0 Å². The molecule has 22 heavy (non-hydrogen) atoms. The first-order valence-electron chi connectivity index (χ1n) is 6.29. The van der Waals surface area contributed by atoms with Crippen LogP contribution in [0.4, 0.5) is 4.39 Å². The zero-order chi connectivity index (χ0) is 16.7. The average molecular weight is 351 g/mol. The molecule has 1 unspecified atom stereocenters. The highest BCUT2D eigenvalue weighted by Crippen LogP contribution is 2.28. The van der Waals surface area contributed by atoms with Crippen molar-refractivity contribution in [2.45, 2.75) is 28.7 Å². The molecule has 1 aliphatic heterocycles. The number of hydrogen-bond donors (Lipinski definition) is 1. The monoisotopic (exact) mass is 351 g/mol. The number of hydrogen-bond acceptors (Lipinski definition) is 5. The van der Waals surface area contributed by atoms with Crippen LogP contribution in [0.1, 0.15) is 12.8 Å².